The second-order valence-electron chi connectivity index (χ2n) is 12.4. The van der Waals surface area contributed by atoms with Crippen LogP contribution in [0.5, 0.6) is 0 Å². The van der Waals surface area contributed by atoms with Crippen molar-refractivity contribution in [3.05, 3.63) is 106 Å². The SMILES string of the molecule is Cc1cc(N(c2ccc3c(c2)CCCN3C)c2ccc3c(c2)CCCN3C)ccc1-c1ccc(-c2ccc(/C=C(\C#N)C(=O)O)s2)s1. The highest BCUT2D eigenvalue weighted by molar-refractivity contribution is 7.24. The Labute approximate surface area is 284 Å². The largest absolute Gasteiger partial charge is 0.477 e. The fraction of sp³-hybridized carbons (Fsp3) is 0.231. The van der Waals surface area contributed by atoms with Crippen LogP contribution in [0, 0.1) is 18.3 Å². The van der Waals surface area contributed by atoms with Crippen molar-refractivity contribution in [2.24, 2.45) is 0 Å². The van der Waals surface area contributed by atoms with Crippen molar-refractivity contribution >= 4 is 63.2 Å². The number of carboxylic acid groups (broad SMARTS) is 1. The Morgan fingerprint density at radius 3 is 1.94 bits per heavy atom. The average Bonchev–Trinajstić information content (AvgIpc) is 3.74. The number of carbonyl (C=O) groups is 1. The number of rotatable bonds is 7. The van der Waals surface area contributed by atoms with E-state index in [4.69, 9.17) is 5.26 Å². The van der Waals surface area contributed by atoms with E-state index >= 15 is 0 Å². The van der Waals surface area contributed by atoms with Crippen molar-refractivity contribution in [1.29, 1.82) is 5.26 Å². The van der Waals surface area contributed by atoms with Crippen molar-refractivity contribution < 1.29 is 9.90 Å². The van der Waals surface area contributed by atoms with E-state index in [2.05, 4.69) is 102 Å². The Morgan fingerprint density at radius 2 is 1.34 bits per heavy atom. The molecule has 0 aliphatic carbocycles. The monoisotopic (exact) mass is 656 g/mol. The molecule has 7 rings (SSSR count). The molecule has 2 aliphatic rings. The molecule has 5 aromatic rings. The summed E-state index contributed by atoms with van der Waals surface area (Å²) in [6.45, 7) is 4.37. The fourth-order valence-corrected chi connectivity index (χ4v) is 8.93. The molecule has 0 bridgehead atoms. The van der Waals surface area contributed by atoms with E-state index < -0.39 is 5.97 Å². The lowest BCUT2D eigenvalue weighted by Crippen LogP contribution is -2.25. The minimum Gasteiger partial charge on any atom is -0.477 e. The second-order valence-corrected chi connectivity index (χ2v) is 14.6. The molecule has 6 nitrogen and oxygen atoms in total. The Hall–Kier alpha value is -4.84. The summed E-state index contributed by atoms with van der Waals surface area (Å²) in [6.07, 6.45) is 5.95. The quantitative estimate of drug-likeness (QED) is 0.139. The molecule has 0 atom stereocenters. The van der Waals surface area contributed by atoms with E-state index in [0.717, 1.165) is 46.2 Å². The number of benzene rings is 3. The fourth-order valence-electron chi connectivity index (χ4n) is 6.79. The van der Waals surface area contributed by atoms with Crippen LogP contribution < -0.4 is 14.7 Å². The van der Waals surface area contributed by atoms with Gasteiger partial charge < -0.3 is 19.8 Å². The van der Waals surface area contributed by atoms with Crippen LogP contribution in [-0.2, 0) is 17.6 Å². The molecule has 8 heteroatoms. The zero-order valence-corrected chi connectivity index (χ0v) is 28.4. The van der Waals surface area contributed by atoms with Crippen LogP contribution in [0.2, 0.25) is 0 Å². The first-order chi connectivity index (χ1) is 22.8. The van der Waals surface area contributed by atoms with Crippen LogP contribution >= 0.6 is 22.7 Å². The molecular formula is C39H36N4O2S2. The Balaban J connectivity index is 1.24. The predicted molar refractivity (Wildman–Crippen MR) is 197 cm³/mol. The Morgan fingerprint density at radius 1 is 0.787 bits per heavy atom. The molecule has 4 heterocycles. The average molecular weight is 657 g/mol. The summed E-state index contributed by atoms with van der Waals surface area (Å²) >= 11 is 3.21. The summed E-state index contributed by atoms with van der Waals surface area (Å²) in [5, 5.41) is 18.4. The van der Waals surface area contributed by atoms with Gasteiger partial charge in [-0.05, 0) is 134 Å². The number of fused-ring (bicyclic) bond motifs is 2. The van der Waals surface area contributed by atoms with Crippen LogP contribution in [0.1, 0.15) is 34.4 Å². The van der Waals surface area contributed by atoms with Gasteiger partial charge in [0.2, 0.25) is 0 Å². The molecule has 47 heavy (non-hydrogen) atoms. The number of hydrogen-bond donors (Lipinski definition) is 1. The summed E-state index contributed by atoms with van der Waals surface area (Å²) in [5.41, 5.74) is 11.1. The predicted octanol–water partition coefficient (Wildman–Crippen LogP) is 9.68. The Bertz CT molecular complexity index is 2000. The van der Waals surface area contributed by atoms with Gasteiger partial charge in [-0.3, -0.25) is 0 Å². The zero-order chi connectivity index (χ0) is 32.7. The highest BCUT2D eigenvalue weighted by atomic mass is 32.1. The van der Waals surface area contributed by atoms with Gasteiger partial charge in [-0.1, -0.05) is 6.07 Å². The number of thiophene rings is 2. The van der Waals surface area contributed by atoms with E-state index in [1.54, 1.807) is 17.4 Å². The van der Waals surface area contributed by atoms with Crippen molar-refractivity contribution in [2.45, 2.75) is 32.6 Å². The summed E-state index contributed by atoms with van der Waals surface area (Å²) in [5.74, 6) is -1.21. The number of aryl methyl sites for hydroxylation is 3. The van der Waals surface area contributed by atoms with E-state index in [9.17, 15) is 9.90 Å². The van der Waals surface area contributed by atoms with Crippen molar-refractivity contribution in [1.82, 2.24) is 0 Å². The first-order valence-corrected chi connectivity index (χ1v) is 17.6. The molecular weight excluding hydrogens is 621 g/mol. The van der Waals surface area contributed by atoms with Gasteiger partial charge in [0.05, 0.1) is 0 Å². The van der Waals surface area contributed by atoms with E-state index in [-0.39, 0.29) is 5.57 Å². The molecule has 0 unspecified atom stereocenters. The topological polar surface area (TPSA) is 70.8 Å². The van der Waals surface area contributed by atoms with Crippen LogP contribution in [-0.4, -0.2) is 38.3 Å². The maximum absolute atomic E-state index is 11.3. The molecule has 236 valence electrons. The van der Waals surface area contributed by atoms with E-state index in [0.29, 0.717) is 0 Å². The number of anilines is 5. The molecule has 0 amide bonds. The van der Waals surface area contributed by atoms with Crippen LogP contribution in [0.3, 0.4) is 0 Å². The van der Waals surface area contributed by atoms with Gasteiger partial charge in [0.15, 0.2) is 0 Å². The van der Waals surface area contributed by atoms with Gasteiger partial charge in [-0.25, -0.2) is 4.79 Å². The smallest absolute Gasteiger partial charge is 0.346 e. The molecule has 0 saturated heterocycles. The summed E-state index contributed by atoms with van der Waals surface area (Å²) in [6, 6.07) is 30.5. The molecule has 2 aromatic heterocycles. The molecule has 1 N–H and O–H groups in total. The zero-order valence-electron chi connectivity index (χ0n) is 26.8. The minimum atomic E-state index is -1.21. The van der Waals surface area contributed by atoms with Gasteiger partial charge in [-0.2, -0.15) is 5.26 Å². The lowest BCUT2D eigenvalue weighted by atomic mass is 9.98. The summed E-state index contributed by atoms with van der Waals surface area (Å²) < 4.78 is 0. The van der Waals surface area contributed by atoms with Gasteiger partial charge in [0.1, 0.15) is 11.6 Å². The van der Waals surface area contributed by atoms with E-state index in [1.807, 2.05) is 12.1 Å². The maximum Gasteiger partial charge on any atom is 0.346 e. The summed E-state index contributed by atoms with van der Waals surface area (Å²) in [7, 11) is 4.37. The molecule has 0 spiro atoms. The highest BCUT2D eigenvalue weighted by Gasteiger charge is 2.22. The third kappa shape index (κ3) is 6.05. The third-order valence-corrected chi connectivity index (χ3v) is 11.5. The second kappa shape index (κ2) is 12.7. The van der Waals surface area contributed by atoms with Gasteiger partial charge in [0.25, 0.3) is 0 Å². The summed E-state index contributed by atoms with van der Waals surface area (Å²) in [4.78, 5) is 22.5. The number of nitrogens with zero attached hydrogens (tertiary/aromatic N) is 4. The van der Waals surface area contributed by atoms with Crippen molar-refractivity contribution in [3.63, 3.8) is 0 Å². The van der Waals surface area contributed by atoms with Crippen molar-refractivity contribution in [2.75, 3.05) is 41.9 Å². The van der Waals surface area contributed by atoms with Crippen LogP contribution in [0.4, 0.5) is 28.4 Å². The highest BCUT2D eigenvalue weighted by Crippen LogP contribution is 2.43. The first-order valence-electron chi connectivity index (χ1n) is 15.9. The number of nitriles is 1. The first kappa shape index (κ1) is 30.8. The van der Waals surface area contributed by atoms with E-state index in [1.165, 1.54) is 80.1 Å². The van der Waals surface area contributed by atoms with Crippen LogP contribution in [0.15, 0.2) is 84.4 Å². The Kier molecular flexibility index (Phi) is 8.35. The van der Waals surface area contributed by atoms with Gasteiger partial charge >= 0.3 is 5.97 Å². The molecule has 2 aliphatic heterocycles. The lowest BCUT2D eigenvalue weighted by molar-refractivity contribution is -0.132. The standard InChI is InChI=1S/C39H36N4O2S2/c1-25-20-29(8-12-33(25)36-16-17-38(47-36)37-15-11-32(46-37)23-28(24-40)39(44)45)43(30-9-13-34-26(21-30)6-4-18-41(34)2)31-10-14-35-27(22-31)7-5-19-42(35)3/h8-17,20-23H,4-7,18-19H2,1-3H3,(H,44,45)/b28-23+. The normalized spacial score (nSPS) is 14.4. The molecule has 0 radical (unpaired) electrons. The lowest BCUT2D eigenvalue weighted by Gasteiger charge is -2.33. The minimum absolute atomic E-state index is 0.263. The van der Waals surface area contributed by atoms with Crippen LogP contribution in [0.25, 0.3) is 26.3 Å². The molecule has 0 saturated carbocycles. The molecule has 3 aromatic carbocycles. The van der Waals surface area contributed by atoms with Gasteiger partial charge in [0, 0.05) is 75.1 Å². The third-order valence-electron chi connectivity index (χ3n) is 9.19. The van der Waals surface area contributed by atoms with Gasteiger partial charge in [-0.15, -0.1) is 22.7 Å². The molecule has 0 fully saturated rings. The number of aliphatic carboxylic acids is 1. The number of carboxylic acids is 1. The maximum atomic E-state index is 11.3. The number of hydrogen-bond acceptors (Lipinski definition) is 7. The van der Waals surface area contributed by atoms with Crippen molar-refractivity contribution in [3.8, 4) is 26.3 Å².